The van der Waals surface area contributed by atoms with Crippen molar-refractivity contribution >= 4 is 0 Å². The molecule has 2 rings (SSSR count). The van der Waals surface area contributed by atoms with Crippen LogP contribution in [0.2, 0.25) is 0 Å². The van der Waals surface area contributed by atoms with E-state index in [1.165, 1.54) is 11.1 Å². The summed E-state index contributed by atoms with van der Waals surface area (Å²) in [5.41, 5.74) is 4.64. The molecule has 0 bridgehead atoms. The number of nitrogens with one attached hydrogen (secondary N) is 1. The van der Waals surface area contributed by atoms with Gasteiger partial charge in [-0.15, -0.1) is 0 Å². The summed E-state index contributed by atoms with van der Waals surface area (Å²) >= 11 is 0. The molecule has 3 nitrogen and oxygen atoms in total. The summed E-state index contributed by atoms with van der Waals surface area (Å²) in [5, 5.41) is 3.29. The quantitative estimate of drug-likeness (QED) is 0.889. The summed E-state index contributed by atoms with van der Waals surface area (Å²) in [7, 11) is 1.71. The minimum Gasteiger partial charge on any atom is -0.496 e. The molecule has 0 amide bonds. The Hall–Kier alpha value is -1.74. The first-order chi connectivity index (χ1) is 9.17. The summed E-state index contributed by atoms with van der Waals surface area (Å²) in [6.07, 6.45) is 1.74. The lowest BCUT2D eigenvalue weighted by molar-refractivity contribution is 0.415. The van der Waals surface area contributed by atoms with Crippen LogP contribution >= 0.6 is 0 Å². The van der Waals surface area contributed by atoms with E-state index in [2.05, 4.69) is 38.2 Å². The average Bonchev–Trinajstić information content (AvgIpc) is 2.83. The molecule has 1 N–H and O–H groups in total. The molecule has 0 aliphatic carbocycles. The van der Waals surface area contributed by atoms with E-state index in [1.807, 2.05) is 6.07 Å². The van der Waals surface area contributed by atoms with E-state index in [4.69, 9.17) is 9.15 Å². The Bertz CT molecular complexity index is 558. The Morgan fingerprint density at radius 2 is 2.05 bits per heavy atom. The van der Waals surface area contributed by atoms with Crippen LogP contribution in [0, 0.1) is 13.8 Å². The van der Waals surface area contributed by atoms with Gasteiger partial charge in [0, 0.05) is 11.1 Å². The second kappa shape index (κ2) is 5.93. The number of rotatable bonds is 5. The standard InChI is InChI=1S/C16H21NO2/c1-5-17-10-15-13(6-7-19-15)16-12(3)8-11(2)9-14(16)18-4/h6-9,17H,5,10H2,1-4H3. The molecular formula is C16H21NO2. The van der Waals surface area contributed by atoms with Crippen LogP contribution in [-0.2, 0) is 6.54 Å². The maximum absolute atomic E-state index is 5.59. The monoisotopic (exact) mass is 259 g/mol. The van der Waals surface area contributed by atoms with Crippen LogP contribution in [0.15, 0.2) is 28.9 Å². The first-order valence-electron chi connectivity index (χ1n) is 6.60. The van der Waals surface area contributed by atoms with Crippen molar-refractivity contribution in [2.75, 3.05) is 13.7 Å². The van der Waals surface area contributed by atoms with Gasteiger partial charge in [-0.2, -0.15) is 0 Å². The zero-order chi connectivity index (χ0) is 13.8. The van der Waals surface area contributed by atoms with Gasteiger partial charge < -0.3 is 14.5 Å². The SMILES string of the molecule is CCNCc1occc1-c1c(C)cc(C)cc1OC. The Morgan fingerprint density at radius 3 is 2.74 bits per heavy atom. The number of ether oxygens (including phenoxy) is 1. The summed E-state index contributed by atoms with van der Waals surface area (Å²) in [6, 6.07) is 6.24. The number of methoxy groups -OCH3 is 1. The van der Waals surface area contributed by atoms with Crippen LogP contribution in [0.25, 0.3) is 11.1 Å². The number of hydrogen-bond donors (Lipinski definition) is 1. The Balaban J connectivity index is 2.49. The van der Waals surface area contributed by atoms with Crippen molar-refractivity contribution in [3.05, 3.63) is 41.3 Å². The Kier molecular flexibility index (Phi) is 4.27. The van der Waals surface area contributed by atoms with Gasteiger partial charge in [-0.3, -0.25) is 0 Å². The molecule has 19 heavy (non-hydrogen) atoms. The van der Waals surface area contributed by atoms with E-state index >= 15 is 0 Å². The minimum absolute atomic E-state index is 0.731. The van der Waals surface area contributed by atoms with Crippen molar-refractivity contribution in [1.29, 1.82) is 0 Å². The smallest absolute Gasteiger partial charge is 0.127 e. The molecule has 1 heterocycles. The summed E-state index contributed by atoms with van der Waals surface area (Å²) in [4.78, 5) is 0. The van der Waals surface area contributed by atoms with Crippen LogP contribution in [0.3, 0.4) is 0 Å². The lowest BCUT2D eigenvalue weighted by atomic mass is 9.97. The maximum atomic E-state index is 5.59. The van der Waals surface area contributed by atoms with E-state index in [0.717, 1.165) is 35.7 Å². The third-order valence-corrected chi connectivity index (χ3v) is 3.21. The maximum Gasteiger partial charge on any atom is 0.127 e. The molecule has 0 aliphatic rings. The van der Waals surface area contributed by atoms with Crippen molar-refractivity contribution in [2.24, 2.45) is 0 Å². The fourth-order valence-corrected chi connectivity index (χ4v) is 2.37. The fraction of sp³-hybridized carbons (Fsp3) is 0.375. The van der Waals surface area contributed by atoms with Crippen molar-refractivity contribution in [2.45, 2.75) is 27.3 Å². The molecule has 0 atom stereocenters. The van der Waals surface area contributed by atoms with Crippen LogP contribution in [0.4, 0.5) is 0 Å². The highest BCUT2D eigenvalue weighted by atomic mass is 16.5. The predicted molar refractivity (Wildman–Crippen MR) is 77.6 cm³/mol. The normalized spacial score (nSPS) is 10.7. The first-order valence-corrected chi connectivity index (χ1v) is 6.60. The van der Waals surface area contributed by atoms with Crippen LogP contribution in [-0.4, -0.2) is 13.7 Å². The lowest BCUT2D eigenvalue weighted by Gasteiger charge is -2.13. The van der Waals surface area contributed by atoms with E-state index in [9.17, 15) is 0 Å². The molecule has 3 heteroatoms. The highest BCUT2D eigenvalue weighted by Gasteiger charge is 2.15. The summed E-state index contributed by atoms with van der Waals surface area (Å²) in [5.74, 6) is 1.85. The second-order valence-corrected chi connectivity index (χ2v) is 4.70. The second-order valence-electron chi connectivity index (χ2n) is 4.70. The largest absolute Gasteiger partial charge is 0.496 e. The van der Waals surface area contributed by atoms with Crippen molar-refractivity contribution in [1.82, 2.24) is 5.32 Å². The Labute approximate surface area is 114 Å². The van der Waals surface area contributed by atoms with Crippen molar-refractivity contribution < 1.29 is 9.15 Å². The van der Waals surface area contributed by atoms with Gasteiger partial charge in [0.1, 0.15) is 11.5 Å². The molecule has 1 aromatic carbocycles. The zero-order valence-electron chi connectivity index (χ0n) is 12.0. The number of benzene rings is 1. The predicted octanol–water partition coefficient (Wildman–Crippen LogP) is 3.68. The molecule has 2 aromatic rings. The average molecular weight is 259 g/mol. The molecular weight excluding hydrogens is 238 g/mol. The molecule has 0 unspecified atom stereocenters. The van der Waals surface area contributed by atoms with Crippen molar-refractivity contribution in [3.8, 4) is 16.9 Å². The summed E-state index contributed by atoms with van der Waals surface area (Å²) < 4.78 is 11.1. The van der Waals surface area contributed by atoms with Crippen molar-refractivity contribution in [3.63, 3.8) is 0 Å². The molecule has 0 aliphatic heterocycles. The lowest BCUT2D eigenvalue weighted by Crippen LogP contribution is -2.11. The van der Waals surface area contributed by atoms with Gasteiger partial charge in [0.15, 0.2) is 0 Å². The van der Waals surface area contributed by atoms with Gasteiger partial charge in [0.25, 0.3) is 0 Å². The molecule has 102 valence electrons. The van der Waals surface area contributed by atoms with E-state index in [0.29, 0.717) is 0 Å². The highest BCUT2D eigenvalue weighted by Crippen LogP contribution is 2.36. The fourth-order valence-electron chi connectivity index (χ4n) is 2.37. The molecule has 0 radical (unpaired) electrons. The minimum atomic E-state index is 0.731. The van der Waals surface area contributed by atoms with Gasteiger partial charge >= 0.3 is 0 Å². The van der Waals surface area contributed by atoms with Crippen LogP contribution < -0.4 is 10.1 Å². The third kappa shape index (κ3) is 2.82. The molecule has 0 saturated carbocycles. The zero-order valence-corrected chi connectivity index (χ0v) is 12.0. The highest BCUT2D eigenvalue weighted by molar-refractivity contribution is 5.75. The van der Waals surface area contributed by atoms with Gasteiger partial charge in [-0.1, -0.05) is 13.0 Å². The third-order valence-electron chi connectivity index (χ3n) is 3.21. The van der Waals surface area contributed by atoms with E-state index in [-0.39, 0.29) is 0 Å². The van der Waals surface area contributed by atoms with Gasteiger partial charge in [0.2, 0.25) is 0 Å². The number of furan rings is 1. The van der Waals surface area contributed by atoms with Crippen LogP contribution in [0.1, 0.15) is 23.8 Å². The molecule has 0 fully saturated rings. The molecule has 0 spiro atoms. The topological polar surface area (TPSA) is 34.4 Å². The molecule has 1 aromatic heterocycles. The first kappa shape index (κ1) is 13.7. The Morgan fingerprint density at radius 1 is 1.26 bits per heavy atom. The molecule has 0 saturated heterocycles. The van der Waals surface area contributed by atoms with Gasteiger partial charge in [-0.05, 0) is 43.7 Å². The van der Waals surface area contributed by atoms with E-state index in [1.54, 1.807) is 13.4 Å². The number of hydrogen-bond acceptors (Lipinski definition) is 3. The van der Waals surface area contributed by atoms with Gasteiger partial charge in [-0.25, -0.2) is 0 Å². The number of aryl methyl sites for hydroxylation is 2. The van der Waals surface area contributed by atoms with E-state index < -0.39 is 0 Å². The van der Waals surface area contributed by atoms with Crippen LogP contribution in [0.5, 0.6) is 5.75 Å². The summed E-state index contributed by atoms with van der Waals surface area (Å²) in [6.45, 7) is 7.92. The van der Waals surface area contributed by atoms with Gasteiger partial charge in [0.05, 0.1) is 19.9 Å².